The van der Waals surface area contributed by atoms with Gasteiger partial charge in [-0.3, -0.25) is 4.79 Å². The van der Waals surface area contributed by atoms with Crippen molar-refractivity contribution >= 4 is 17.3 Å². The van der Waals surface area contributed by atoms with Crippen LogP contribution in [0.3, 0.4) is 0 Å². The molecule has 0 spiro atoms. The second-order valence-electron chi connectivity index (χ2n) is 4.24. The second-order valence-corrected chi connectivity index (χ2v) is 4.24. The number of nitrogens with one attached hydrogen (secondary N) is 1. The maximum Gasteiger partial charge on any atom is 0.262 e. The third-order valence-corrected chi connectivity index (χ3v) is 2.72. The number of carbonyl (C=O) groups excluding carboxylic acids is 1. The number of anilines is 2. The van der Waals surface area contributed by atoms with Crippen molar-refractivity contribution in [2.75, 3.05) is 24.8 Å². The van der Waals surface area contributed by atoms with Crippen molar-refractivity contribution in [3.63, 3.8) is 0 Å². The first kappa shape index (κ1) is 14.6. The Hall–Kier alpha value is -2.76. The molecule has 0 saturated carbocycles. The summed E-state index contributed by atoms with van der Waals surface area (Å²) in [6, 6.07) is 10.4. The number of amides is 1. The molecular formula is C15H15FN2O3. The van der Waals surface area contributed by atoms with Gasteiger partial charge in [-0.2, -0.15) is 0 Å². The average molecular weight is 290 g/mol. The van der Waals surface area contributed by atoms with Crippen LogP contribution in [0.4, 0.5) is 15.8 Å². The summed E-state index contributed by atoms with van der Waals surface area (Å²) in [7, 11) is 1.53. The summed E-state index contributed by atoms with van der Waals surface area (Å²) in [5.41, 5.74) is 6.66. The topological polar surface area (TPSA) is 73.6 Å². The highest BCUT2D eigenvalue weighted by molar-refractivity contribution is 5.95. The Balaban J connectivity index is 1.91. The van der Waals surface area contributed by atoms with E-state index in [9.17, 15) is 9.18 Å². The van der Waals surface area contributed by atoms with Gasteiger partial charge in [-0.05, 0) is 36.4 Å². The predicted molar refractivity (Wildman–Crippen MR) is 77.9 cm³/mol. The van der Waals surface area contributed by atoms with E-state index < -0.39 is 0 Å². The minimum atomic E-state index is -0.365. The van der Waals surface area contributed by atoms with E-state index in [0.29, 0.717) is 22.9 Å². The molecule has 5 nitrogen and oxygen atoms in total. The van der Waals surface area contributed by atoms with E-state index in [1.165, 1.54) is 31.4 Å². The lowest BCUT2D eigenvalue weighted by molar-refractivity contribution is -0.118. The molecule has 2 aromatic rings. The third kappa shape index (κ3) is 4.10. The van der Waals surface area contributed by atoms with Crippen molar-refractivity contribution < 1.29 is 18.7 Å². The van der Waals surface area contributed by atoms with E-state index in [-0.39, 0.29) is 18.3 Å². The molecule has 0 bridgehead atoms. The molecule has 0 aliphatic carbocycles. The van der Waals surface area contributed by atoms with Gasteiger partial charge in [-0.25, -0.2) is 4.39 Å². The lowest BCUT2D eigenvalue weighted by Crippen LogP contribution is -2.20. The van der Waals surface area contributed by atoms with Crippen molar-refractivity contribution in [1.29, 1.82) is 0 Å². The number of nitrogens with two attached hydrogens (primary N) is 1. The molecule has 21 heavy (non-hydrogen) atoms. The van der Waals surface area contributed by atoms with Crippen LogP contribution in [0.2, 0.25) is 0 Å². The average Bonchev–Trinajstić information content (AvgIpc) is 2.48. The Morgan fingerprint density at radius 1 is 1.19 bits per heavy atom. The fraction of sp³-hybridized carbons (Fsp3) is 0.133. The molecule has 0 aliphatic rings. The summed E-state index contributed by atoms with van der Waals surface area (Å²) in [5.74, 6) is 0.288. The summed E-state index contributed by atoms with van der Waals surface area (Å²) >= 11 is 0. The predicted octanol–water partition coefficient (Wildman–Crippen LogP) is 2.43. The molecule has 0 aromatic heterocycles. The zero-order valence-electron chi connectivity index (χ0n) is 11.4. The number of rotatable bonds is 5. The summed E-state index contributed by atoms with van der Waals surface area (Å²) in [6.07, 6.45) is 0. The molecule has 0 unspecified atom stereocenters. The fourth-order valence-electron chi connectivity index (χ4n) is 1.65. The van der Waals surface area contributed by atoms with Crippen molar-refractivity contribution in [2.45, 2.75) is 0 Å². The van der Waals surface area contributed by atoms with Gasteiger partial charge in [0.2, 0.25) is 0 Å². The lowest BCUT2D eigenvalue weighted by Gasteiger charge is -2.10. The van der Waals surface area contributed by atoms with Crippen molar-refractivity contribution in [1.82, 2.24) is 0 Å². The highest BCUT2D eigenvalue weighted by atomic mass is 19.1. The number of hydrogen-bond acceptors (Lipinski definition) is 4. The number of ether oxygens (including phenoxy) is 2. The van der Waals surface area contributed by atoms with E-state index in [1.807, 2.05) is 0 Å². The first-order valence-corrected chi connectivity index (χ1v) is 6.20. The normalized spacial score (nSPS) is 10.0. The van der Waals surface area contributed by atoms with Crippen LogP contribution in [0.15, 0.2) is 42.5 Å². The van der Waals surface area contributed by atoms with Crippen LogP contribution < -0.4 is 20.5 Å². The summed E-state index contributed by atoms with van der Waals surface area (Å²) in [6.45, 7) is -0.197. The zero-order valence-corrected chi connectivity index (χ0v) is 11.4. The number of halogens is 1. The zero-order chi connectivity index (χ0) is 15.2. The largest absolute Gasteiger partial charge is 0.497 e. The first-order chi connectivity index (χ1) is 10.1. The summed E-state index contributed by atoms with van der Waals surface area (Å²) in [4.78, 5) is 11.8. The SMILES string of the molecule is COc1ccc(NC(=O)COc2ccc(F)cc2)c(N)c1. The van der Waals surface area contributed by atoms with Crippen LogP contribution in [-0.2, 0) is 4.79 Å². The smallest absolute Gasteiger partial charge is 0.262 e. The standard InChI is InChI=1S/C15H15FN2O3/c1-20-12-6-7-14(13(17)8-12)18-15(19)9-21-11-4-2-10(16)3-5-11/h2-8H,9,17H2,1H3,(H,18,19). The van der Waals surface area contributed by atoms with Gasteiger partial charge >= 0.3 is 0 Å². The van der Waals surface area contributed by atoms with Crippen LogP contribution in [0.25, 0.3) is 0 Å². The maximum atomic E-state index is 12.7. The van der Waals surface area contributed by atoms with Gasteiger partial charge < -0.3 is 20.5 Å². The highest BCUT2D eigenvalue weighted by Gasteiger charge is 2.07. The van der Waals surface area contributed by atoms with Gasteiger partial charge in [-0.15, -0.1) is 0 Å². The van der Waals surface area contributed by atoms with Gasteiger partial charge in [0, 0.05) is 6.07 Å². The van der Waals surface area contributed by atoms with Crippen LogP contribution in [-0.4, -0.2) is 19.6 Å². The van der Waals surface area contributed by atoms with Gasteiger partial charge in [0.05, 0.1) is 18.5 Å². The van der Waals surface area contributed by atoms with Crippen LogP contribution in [0.1, 0.15) is 0 Å². The molecule has 0 fully saturated rings. The third-order valence-electron chi connectivity index (χ3n) is 2.72. The molecule has 6 heteroatoms. The quantitative estimate of drug-likeness (QED) is 0.829. The molecular weight excluding hydrogens is 275 g/mol. The van der Waals surface area contributed by atoms with Crippen LogP contribution in [0.5, 0.6) is 11.5 Å². The molecule has 0 heterocycles. The molecule has 2 aromatic carbocycles. The minimum Gasteiger partial charge on any atom is -0.497 e. The van der Waals surface area contributed by atoms with Crippen molar-refractivity contribution in [3.05, 3.63) is 48.3 Å². The Kier molecular flexibility index (Phi) is 4.61. The number of carbonyl (C=O) groups is 1. The van der Waals surface area contributed by atoms with E-state index in [0.717, 1.165) is 0 Å². The molecule has 3 N–H and O–H groups in total. The van der Waals surface area contributed by atoms with Crippen LogP contribution in [0, 0.1) is 5.82 Å². The number of hydrogen-bond donors (Lipinski definition) is 2. The summed E-state index contributed by atoms with van der Waals surface area (Å²) < 4.78 is 23.0. The molecule has 0 radical (unpaired) electrons. The van der Waals surface area contributed by atoms with Crippen molar-refractivity contribution in [2.24, 2.45) is 0 Å². The van der Waals surface area contributed by atoms with Crippen LogP contribution >= 0.6 is 0 Å². The molecule has 0 aliphatic heterocycles. The molecule has 110 valence electrons. The van der Waals surface area contributed by atoms with Gasteiger partial charge in [0.15, 0.2) is 6.61 Å². The second kappa shape index (κ2) is 6.60. The van der Waals surface area contributed by atoms with E-state index in [4.69, 9.17) is 15.2 Å². The number of benzene rings is 2. The monoisotopic (exact) mass is 290 g/mol. The Morgan fingerprint density at radius 2 is 1.86 bits per heavy atom. The van der Waals surface area contributed by atoms with Crippen molar-refractivity contribution in [3.8, 4) is 11.5 Å². The summed E-state index contributed by atoms with van der Waals surface area (Å²) in [5, 5.41) is 2.62. The molecule has 1 amide bonds. The molecule has 0 atom stereocenters. The highest BCUT2D eigenvalue weighted by Crippen LogP contribution is 2.23. The number of methoxy groups -OCH3 is 1. The van der Waals surface area contributed by atoms with E-state index in [1.54, 1.807) is 18.2 Å². The lowest BCUT2D eigenvalue weighted by atomic mass is 10.2. The first-order valence-electron chi connectivity index (χ1n) is 6.20. The minimum absolute atomic E-state index is 0.197. The molecule has 0 saturated heterocycles. The van der Waals surface area contributed by atoms with Gasteiger partial charge in [0.1, 0.15) is 17.3 Å². The number of nitrogen functional groups attached to an aromatic ring is 1. The Labute approximate surface area is 121 Å². The maximum absolute atomic E-state index is 12.7. The Bertz CT molecular complexity index is 629. The van der Waals surface area contributed by atoms with E-state index in [2.05, 4.69) is 5.32 Å². The molecule has 2 rings (SSSR count). The Morgan fingerprint density at radius 3 is 2.48 bits per heavy atom. The fourth-order valence-corrected chi connectivity index (χ4v) is 1.65. The van der Waals surface area contributed by atoms with Gasteiger partial charge in [-0.1, -0.05) is 0 Å². The van der Waals surface area contributed by atoms with Gasteiger partial charge in [0.25, 0.3) is 5.91 Å². The van der Waals surface area contributed by atoms with E-state index >= 15 is 0 Å².